The quantitative estimate of drug-likeness (QED) is 0.735. The molecule has 1 amide bonds. The smallest absolute Gasteiger partial charge is 0.248 e. The molecule has 1 aromatic heterocycles. The van der Waals surface area contributed by atoms with Crippen LogP contribution in [-0.2, 0) is 5.75 Å². The molecule has 0 fully saturated rings. The number of benzene rings is 2. The van der Waals surface area contributed by atoms with Crippen LogP contribution in [0.25, 0.3) is 5.69 Å². The molecule has 0 atom stereocenters. The van der Waals surface area contributed by atoms with Crippen molar-refractivity contribution >= 4 is 17.7 Å². The summed E-state index contributed by atoms with van der Waals surface area (Å²) in [4.78, 5) is 11.2. The average Bonchev–Trinajstić information content (AvgIpc) is 3.02. The first-order chi connectivity index (χ1) is 10.7. The number of carbonyl (C=O) groups excluding carboxylic acids is 1. The molecule has 0 aliphatic carbocycles. The zero-order chi connectivity index (χ0) is 15.4. The van der Waals surface area contributed by atoms with Gasteiger partial charge in [-0.1, -0.05) is 42.1 Å². The zero-order valence-electron chi connectivity index (χ0n) is 11.7. The predicted octanol–water partition coefficient (Wildman–Crippen LogP) is 2.66. The Bertz CT molecular complexity index is 786. The number of aromatic nitrogens is 3. The van der Waals surface area contributed by atoms with Crippen LogP contribution >= 0.6 is 11.8 Å². The first-order valence-electron chi connectivity index (χ1n) is 6.71. The van der Waals surface area contributed by atoms with Crippen molar-refractivity contribution in [3.8, 4) is 5.69 Å². The van der Waals surface area contributed by atoms with Gasteiger partial charge in [-0.2, -0.15) is 0 Å². The summed E-state index contributed by atoms with van der Waals surface area (Å²) in [6, 6.07) is 17.2. The van der Waals surface area contributed by atoms with E-state index in [-0.39, 0.29) is 0 Å². The number of thioether (sulfide) groups is 1. The minimum atomic E-state index is -0.417. The van der Waals surface area contributed by atoms with Crippen LogP contribution in [0.3, 0.4) is 0 Å². The van der Waals surface area contributed by atoms with Gasteiger partial charge in [0.25, 0.3) is 0 Å². The van der Waals surface area contributed by atoms with Gasteiger partial charge in [0.2, 0.25) is 5.91 Å². The molecule has 0 spiro atoms. The summed E-state index contributed by atoms with van der Waals surface area (Å²) in [7, 11) is 0. The fourth-order valence-corrected chi connectivity index (χ4v) is 2.92. The largest absolute Gasteiger partial charge is 0.366 e. The number of carbonyl (C=O) groups is 1. The molecule has 0 aliphatic heterocycles. The molecule has 5 nitrogen and oxygen atoms in total. The van der Waals surface area contributed by atoms with E-state index in [0.717, 1.165) is 16.4 Å². The van der Waals surface area contributed by atoms with Crippen molar-refractivity contribution in [2.75, 3.05) is 0 Å². The van der Waals surface area contributed by atoms with E-state index in [1.54, 1.807) is 30.2 Å². The Kier molecular flexibility index (Phi) is 4.20. The first kappa shape index (κ1) is 14.3. The lowest BCUT2D eigenvalue weighted by Crippen LogP contribution is -2.10. The lowest BCUT2D eigenvalue weighted by Gasteiger charge is -2.06. The van der Waals surface area contributed by atoms with Gasteiger partial charge in [-0.15, -0.1) is 10.2 Å². The lowest BCUT2D eigenvalue weighted by molar-refractivity contribution is 0.1000. The van der Waals surface area contributed by atoms with Gasteiger partial charge < -0.3 is 5.73 Å². The fraction of sp³-hybridized carbons (Fsp3) is 0.0625. The highest BCUT2D eigenvalue weighted by atomic mass is 32.2. The summed E-state index contributed by atoms with van der Waals surface area (Å²) < 4.78 is 1.93. The number of primary amides is 1. The van der Waals surface area contributed by atoms with Gasteiger partial charge in [0.15, 0.2) is 5.16 Å². The van der Waals surface area contributed by atoms with E-state index < -0.39 is 5.91 Å². The molecule has 0 radical (unpaired) electrons. The molecular formula is C16H14N4OS. The number of nitrogens with two attached hydrogens (primary N) is 1. The molecule has 0 bridgehead atoms. The Morgan fingerprint density at radius 1 is 1.14 bits per heavy atom. The number of hydrogen-bond acceptors (Lipinski definition) is 4. The van der Waals surface area contributed by atoms with Crippen LogP contribution in [0.5, 0.6) is 0 Å². The minimum Gasteiger partial charge on any atom is -0.366 e. The summed E-state index contributed by atoms with van der Waals surface area (Å²) in [5.41, 5.74) is 7.85. The highest BCUT2D eigenvalue weighted by Gasteiger charge is 2.08. The molecule has 2 aromatic carbocycles. The predicted molar refractivity (Wildman–Crippen MR) is 85.9 cm³/mol. The van der Waals surface area contributed by atoms with E-state index >= 15 is 0 Å². The summed E-state index contributed by atoms with van der Waals surface area (Å²) in [5.74, 6) is 0.270. The molecule has 1 heterocycles. The molecule has 6 heteroatoms. The molecule has 22 heavy (non-hydrogen) atoms. The molecule has 0 unspecified atom stereocenters. The van der Waals surface area contributed by atoms with Crippen LogP contribution in [0.2, 0.25) is 0 Å². The van der Waals surface area contributed by atoms with Crippen molar-refractivity contribution in [2.45, 2.75) is 10.9 Å². The van der Waals surface area contributed by atoms with Crippen LogP contribution in [0.15, 0.2) is 66.1 Å². The Hall–Kier alpha value is -2.60. The highest BCUT2D eigenvalue weighted by molar-refractivity contribution is 7.98. The maximum absolute atomic E-state index is 11.2. The van der Waals surface area contributed by atoms with E-state index in [2.05, 4.69) is 10.2 Å². The van der Waals surface area contributed by atoms with Gasteiger partial charge in [-0.25, -0.2) is 0 Å². The molecular weight excluding hydrogens is 296 g/mol. The number of amides is 1. The molecule has 0 saturated heterocycles. The maximum atomic E-state index is 11.2. The highest BCUT2D eigenvalue weighted by Crippen LogP contribution is 2.23. The average molecular weight is 310 g/mol. The topological polar surface area (TPSA) is 73.8 Å². The van der Waals surface area contributed by atoms with Crippen molar-refractivity contribution in [1.82, 2.24) is 14.8 Å². The van der Waals surface area contributed by atoms with Gasteiger partial charge in [0.1, 0.15) is 6.33 Å². The van der Waals surface area contributed by atoms with Crippen molar-refractivity contribution in [1.29, 1.82) is 0 Å². The monoisotopic (exact) mass is 310 g/mol. The Balaban J connectivity index is 1.77. The number of nitrogens with zero attached hydrogens (tertiary/aromatic N) is 3. The van der Waals surface area contributed by atoms with Crippen LogP contribution in [0.4, 0.5) is 0 Å². The zero-order valence-corrected chi connectivity index (χ0v) is 12.5. The van der Waals surface area contributed by atoms with Gasteiger partial charge >= 0.3 is 0 Å². The van der Waals surface area contributed by atoms with Crippen molar-refractivity contribution in [3.05, 3.63) is 72.1 Å². The molecule has 2 N–H and O–H groups in total. The standard InChI is InChI=1S/C16H14N4OS/c17-15(21)13-6-4-5-12(9-13)10-22-16-19-18-11-20(16)14-7-2-1-3-8-14/h1-9,11H,10H2,(H2,17,21). The van der Waals surface area contributed by atoms with Crippen molar-refractivity contribution in [2.24, 2.45) is 5.73 Å². The summed E-state index contributed by atoms with van der Waals surface area (Å²) >= 11 is 1.56. The third-order valence-electron chi connectivity index (χ3n) is 3.13. The van der Waals surface area contributed by atoms with Gasteiger partial charge in [0.05, 0.1) is 0 Å². The second kappa shape index (κ2) is 6.44. The van der Waals surface area contributed by atoms with E-state index in [0.29, 0.717) is 11.3 Å². The van der Waals surface area contributed by atoms with Crippen molar-refractivity contribution < 1.29 is 4.79 Å². The Labute approximate surface area is 132 Å². The molecule has 3 rings (SSSR count). The fourth-order valence-electron chi connectivity index (χ4n) is 2.05. The second-order valence-electron chi connectivity index (χ2n) is 4.67. The molecule has 3 aromatic rings. The van der Waals surface area contributed by atoms with Crippen LogP contribution in [0, 0.1) is 0 Å². The van der Waals surface area contributed by atoms with Crippen LogP contribution in [0.1, 0.15) is 15.9 Å². The van der Waals surface area contributed by atoms with Crippen LogP contribution < -0.4 is 5.73 Å². The van der Waals surface area contributed by atoms with E-state index in [4.69, 9.17) is 5.73 Å². The lowest BCUT2D eigenvalue weighted by atomic mass is 10.1. The van der Waals surface area contributed by atoms with E-state index in [9.17, 15) is 4.79 Å². The third kappa shape index (κ3) is 3.17. The van der Waals surface area contributed by atoms with Gasteiger partial charge in [-0.05, 0) is 29.8 Å². The van der Waals surface area contributed by atoms with Gasteiger partial charge in [-0.3, -0.25) is 9.36 Å². The minimum absolute atomic E-state index is 0.417. The van der Waals surface area contributed by atoms with Crippen molar-refractivity contribution in [3.63, 3.8) is 0 Å². The van der Waals surface area contributed by atoms with E-state index in [1.165, 1.54) is 0 Å². The first-order valence-corrected chi connectivity index (χ1v) is 7.69. The third-order valence-corrected chi connectivity index (χ3v) is 4.14. The van der Waals surface area contributed by atoms with Crippen LogP contribution in [-0.4, -0.2) is 20.7 Å². The SMILES string of the molecule is NC(=O)c1cccc(CSc2nncn2-c2ccccc2)c1. The van der Waals surface area contributed by atoms with E-state index in [1.807, 2.05) is 47.0 Å². The normalized spacial score (nSPS) is 10.5. The summed E-state index contributed by atoms with van der Waals surface area (Å²) in [5, 5.41) is 8.93. The molecule has 0 saturated carbocycles. The molecule has 110 valence electrons. The Morgan fingerprint density at radius 3 is 2.73 bits per heavy atom. The number of rotatable bonds is 5. The molecule has 0 aliphatic rings. The second-order valence-corrected chi connectivity index (χ2v) is 5.61. The number of para-hydroxylation sites is 1. The van der Waals surface area contributed by atoms with Gasteiger partial charge in [0, 0.05) is 17.0 Å². The Morgan fingerprint density at radius 2 is 1.95 bits per heavy atom. The summed E-state index contributed by atoms with van der Waals surface area (Å²) in [6.07, 6.45) is 1.69. The maximum Gasteiger partial charge on any atom is 0.248 e. The summed E-state index contributed by atoms with van der Waals surface area (Å²) in [6.45, 7) is 0. The number of hydrogen-bond donors (Lipinski definition) is 1.